The predicted molar refractivity (Wildman–Crippen MR) is 184 cm³/mol. The molecule has 52 heavy (non-hydrogen) atoms. The Morgan fingerprint density at radius 3 is 1.56 bits per heavy atom. The number of hydrogen-bond acceptors (Lipinski definition) is 11. The van der Waals surface area contributed by atoms with Crippen LogP contribution in [0.4, 0.5) is 0 Å². The van der Waals surface area contributed by atoms with Crippen LogP contribution in [0.15, 0.2) is 60.7 Å². The maximum absolute atomic E-state index is 13.3. The van der Waals surface area contributed by atoms with E-state index in [1.165, 1.54) is 4.90 Å². The molecule has 0 radical (unpaired) electrons. The second kappa shape index (κ2) is 20.1. The van der Waals surface area contributed by atoms with Gasteiger partial charge in [0, 0.05) is 31.1 Å². The summed E-state index contributed by atoms with van der Waals surface area (Å²) in [6.07, 6.45) is 1.40. The van der Waals surface area contributed by atoms with E-state index in [-0.39, 0.29) is 31.5 Å². The minimum Gasteiger partial charge on any atom is -0.480 e. The van der Waals surface area contributed by atoms with Gasteiger partial charge in [-0.3, -0.25) is 47.7 Å². The molecule has 2 aromatic rings. The molecule has 0 heterocycles. The van der Waals surface area contributed by atoms with Crippen LogP contribution in [0, 0.1) is 0 Å². The number of rotatable bonds is 24. The lowest BCUT2D eigenvalue weighted by molar-refractivity contribution is -0.145. The van der Waals surface area contributed by atoms with Gasteiger partial charge in [-0.1, -0.05) is 60.7 Å². The van der Waals surface area contributed by atoms with Gasteiger partial charge >= 0.3 is 37.7 Å². The van der Waals surface area contributed by atoms with E-state index in [2.05, 4.69) is 0 Å². The Labute approximate surface area is 300 Å². The van der Waals surface area contributed by atoms with Gasteiger partial charge in [0.25, 0.3) is 0 Å². The highest BCUT2D eigenvalue weighted by Gasteiger charge is 2.41. The maximum atomic E-state index is 13.3. The Morgan fingerprint density at radius 2 is 1.12 bits per heavy atom. The number of phosphoric acid groups is 1. The summed E-state index contributed by atoms with van der Waals surface area (Å²) >= 11 is 0. The maximum Gasteiger partial charge on any atom is 0.472 e. The first kappa shape index (κ1) is 42.2. The number of aliphatic carboxylic acids is 5. The monoisotopic (exact) mass is 751 g/mol. The van der Waals surface area contributed by atoms with E-state index in [9.17, 15) is 48.8 Å². The molecule has 3 rings (SSSR count). The van der Waals surface area contributed by atoms with Crippen molar-refractivity contribution >= 4 is 37.7 Å². The molecule has 1 saturated carbocycles. The van der Waals surface area contributed by atoms with Gasteiger partial charge in [0.2, 0.25) is 0 Å². The summed E-state index contributed by atoms with van der Waals surface area (Å²) in [5, 5.41) is 46.8. The van der Waals surface area contributed by atoms with Gasteiger partial charge in [0.15, 0.2) is 0 Å². The zero-order valence-electron chi connectivity index (χ0n) is 28.6. The Hall–Kier alpha value is -4.22. The van der Waals surface area contributed by atoms with Crippen molar-refractivity contribution in [2.45, 2.75) is 49.7 Å². The Morgan fingerprint density at radius 1 is 0.692 bits per heavy atom. The number of phosphoric ester groups is 1. The molecule has 6 N–H and O–H groups in total. The van der Waals surface area contributed by atoms with Gasteiger partial charge < -0.3 is 30.4 Å². The van der Waals surface area contributed by atoms with Gasteiger partial charge in [-0.25, -0.2) is 4.57 Å². The fourth-order valence-electron chi connectivity index (χ4n) is 6.62. The lowest BCUT2D eigenvalue weighted by Crippen LogP contribution is -2.51. The van der Waals surface area contributed by atoms with Crippen molar-refractivity contribution in [1.29, 1.82) is 0 Å². The number of carboxylic acids is 5. The summed E-state index contributed by atoms with van der Waals surface area (Å²) in [5.41, 5.74) is 1.85. The molecule has 2 atom stereocenters. The first-order valence-electron chi connectivity index (χ1n) is 16.6. The van der Waals surface area contributed by atoms with E-state index in [1.807, 2.05) is 60.7 Å². The number of nitrogens with zero attached hydrogens (tertiary/aromatic N) is 3. The van der Waals surface area contributed by atoms with Crippen molar-refractivity contribution in [2.24, 2.45) is 0 Å². The van der Waals surface area contributed by atoms with Gasteiger partial charge in [-0.15, -0.1) is 0 Å². The van der Waals surface area contributed by atoms with Crippen molar-refractivity contribution < 1.29 is 68.0 Å². The molecule has 2 unspecified atom stereocenters. The molecular formula is C34H46N3O14P. The second-order valence-electron chi connectivity index (χ2n) is 12.7. The van der Waals surface area contributed by atoms with Gasteiger partial charge in [-0.05, 0) is 43.2 Å². The van der Waals surface area contributed by atoms with Crippen molar-refractivity contribution in [3.8, 4) is 0 Å². The summed E-state index contributed by atoms with van der Waals surface area (Å²) in [5.74, 6) is -6.67. The third kappa shape index (κ3) is 14.1. The summed E-state index contributed by atoms with van der Waals surface area (Å²) in [6, 6.07) is 18.6. The average molecular weight is 752 g/mol. The summed E-state index contributed by atoms with van der Waals surface area (Å²) in [6.45, 7) is -4.61. The zero-order chi connectivity index (χ0) is 38.3. The number of carboxylic acid groups (broad SMARTS) is 5. The number of benzene rings is 2. The van der Waals surface area contributed by atoms with Crippen LogP contribution in [0.2, 0.25) is 0 Å². The fraction of sp³-hybridized carbons (Fsp3) is 0.500. The molecule has 0 aromatic heterocycles. The third-order valence-electron chi connectivity index (χ3n) is 8.84. The van der Waals surface area contributed by atoms with Gasteiger partial charge in [0.05, 0.1) is 45.4 Å². The van der Waals surface area contributed by atoms with Crippen LogP contribution in [0.25, 0.3) is 0 Å². The third-order valence-corrected chi connectivity index (χ3v) is 9.88. The molecule has 286 valence electrons. The molecule has 1 aliphatic carbocycles. The van der Waals surface area contributed by atoms with Crippen LogP contribution in [-0.2, 0) is 43.0 Å². The molecular weight excluding hydrogens is 705 g/mol. The lowest BCUT2D eigenvalue weighted by atomic mass is 9.65. The summed E-state index contributed by atoms with van der Waals surface area (Å²) in [4.78, 5) is 71.6. The molecule has 18 heteroatoms. The van der Waals surface area contributed by atoms with E-state index in [0.29, 0.717) is 25.7 Å². The molecule has 0 amide bonds. The quantitative estimate of drug-likeness (QED) is 0.0841. The molecule has 1 fully saturated rings. The smallest absolute Gasteiger partial charge is 0.472 e. The fourth-order valence-corrected chi connectivity index (χ4v) is 7.63. The van der Waals surface area contributed by atoms with Gasteiger partial charge in [-0.2, -0.15) is 0 Å². The lowest BCUT2D eigenvalue weighted by Gasteiger charge is -2.41. The highest BCUT2D eigenvalue weighted by atomic mass is 31.2. The van der Waals surface area contributed by atoms with Crippen LogP contribution in [0.5, 0.6) is 0 Å². The van der Waals surface area contributed by atoms with Crippen molar-refractivity contribution in [3.05, 3.63) is 71.8 Å². The van der Waals surface area contributed by atoms with Crippen molar-refractivity contribution in [2.75, 3.05) is 59.0 Å². The molecule has 0 aliphatic heterocycles. The van der Waals surface area contributed by atoms with Crippen LogP contribution in [0.3, 0.4) is 0 Å². The molecule has 1 aliphatic rings. The van der Waals surface area contributed by atoms with E-state index in [1.54, 1.807) is 0 Å². The Kier molecular flexibility index (Phi) is 16.3. The SMILES string of the molecule is O=C(O)CN(CCCN(CC(=O)O)CC(COP(=O)(O)OC1CCC(c2ccccc2)(c2ccccc2)CC1)N(CC(=O)O)CC(=O)O)CC(=O)O. The number of carbonyl (C=O) groups is 5. The van der Waals surface area contributed by atoms with Gasteiger partial charge in [0.1, 0.15) is 0 Å². The molecule has 0 saturated heterocycles. The standard InChI is InChI=1S/C34H46N3O14P/c38-29(39)19-35(16-7-17-36(20-30(40)41)21-31(42)43)18-27(37(22-32(44)45)23-33(46)47)24-50-52(48,49)51-28-12-14-34(15-13-28,25-8-3-1-4-9-25)26-10-5-2-6-11-26/h1-6,8-11,27-28H,7,12-24H2,(H,38,39)(H,40,41)(H,42,43)(H,44,45)(H,46,47)(H,48,49). The second-order valence-corrected chi connectivity index (χ2v) is 14.1. The van der Waals surface area contributed by atoms with Crippen LogP contribution < -0.4 is 0 Å². The summed E-state index contributed by atoms with van der Waals surface area (Å²) in [7, 11) is -4.82. The Balaban J connectivity index is 1.74. The highest BCUT2D eigenvalue weighted by Crippen LogP contribution is 2.51. The van der Waals surface area contributed by atoms with E-state index in [0.717, 1.165) is 20.9 Å². The largest absolute Gasteiger partial charge is 0.480 e. The van der Waals surface area contributed by atoms with Crippen LogP contribution >= 0.6 is 7.82 Å². The molecule has 2 aromatic carbocycles. The van der Waals surface area contributed by atoms with Crippen molar-refractivity contribution in [1.82, 2.24) is 14.7 Å². The zero-order valence-corrected chi connectivity index (χ0v) is 29.5. The highest BCUT2D eigenvalue weighted by molar-refractivity contribution is 7.47. The van der Waals surface area contributed by atoms with Crippen LogP contribution in [-0.4, -0.2) is 146 Å². The summed E-state index contributed by atoms with van der Waals surface area (Å²) < 4.78 is 24.2. The van der Waals surface area contributed by atoms with E-state index in [4.69, 9.17) is 19.3 Å². The Bertz CT molecular complexity index is 1460. The normalized spacial score (nSPS) is 16.4. The first-order valence-corrected chi connectivity index (χ1v) is 18.1. The molecule has 0 spiro atoms. The topological polar surface area (TPSA) is 252 Å². The predicted octanol–water partition coefficient (Wildman–Crippen LogP) is 2.14. The van der Waals surface area contributed by atoms with E-state index < -0.39 is 89.1 Å². The molecule has 0 bridgehead atoms. The minimum atomic E-state index is -4.82. The average Bonchev–Trinajstić information content (AvgIpc) is 3.06. The minimum absolute atomic E-state index is 0.0548. The van der Waals surface area contributed by atoms with Crippen LogP contribution in [0.1, 0.15) is 43.2 Å². The molecule has 17 nitrogen and oxygen atoms in total. The van der Waals surface area contributed by atoms with E-state index >= 15 is 0 Å². The van der Waals surface area contributed by atoms with Crippen molar-refractivity contribution in [3.63, 3.8) is 0 Å². The first-order chi connectivity index (χ1) is 24.6. The number of hydrogen-bond donors (Lipinski definition) is 6.